The summed E-state index contributed by atoms with van der Waals surface area (Å²) < 4.78 is 68.5. The maximum absolute atomic E-state index is 13.1. The monoisotopic (exact) mass is 1380 g/mol. The molecule has 0 aliphatic carbocycles. The van der Waals surface area contributed by atoms with Crippen molar-refractivity contribution < 1.29 is 80.2 Å². The molecule has 558 valence electrons. The first-order valence-electron chi connectivity index (χ1n) is 38.9. The number of hydrogen-bond acceptors (Lipinski definition) is 15. The molecule has 0 radical (unpaired) electrons. The largest absolute Gasteiger partial charge is 0.472 e. The van der Waals surface area contributed by atoms with Gasteiger partial charge in [0.25, 0.3) is 0 Å². The van der Waals surface area contributed by atoms with Crippen LogP contribution in [0.1, 0.15) is 382 Å². The number of aliphatic hydroxyl groups is 1. The van der Waals surface area contributed by atoms with Crippen LogP contribution in [0.25, 0.3) is 0 Å². The second-order valence-corrected chi connectivity index (χ2v) is 31.1. The van der Waals surface area contributed by atoms with Gasteiger partial charge in [-0.25, -0.2) is 9.13 Å². The molecule has 0 aliphatic heterocycles. The standard InChI is InChI=1S/C75H146O17P2/c1-8-10-11-12-13-14-15-16-17-18-19-22-28-37-44-51-58-74(79)91-70(62-85-72(77)56-49-42-35-27-23-20-21-25-32-39-46-53-66(3)4)64-89-93(81,82)87-60-69(76)61-88-94(83,84)90-65-71(92-75(80)59-52-45-38-29-24-26-33-40-47-54-67(5)6)63-86-73(78)57-50-43-36-31-30-34-41-48-55-68(7)9-2/h66-71,76H,8-65H2,1-7H3,(H,81,82)(H,83,84)/t68?,69-,70-,71-/m1/s1. The number of ether oxygens (including phenoxy) is 4. The summed E-state index contributed by atoms with van der Waals surface area (Å²) in [5.74, 6) is 0.166. The van der Waals surface area contributed by atoms with Crippen molar-refractivity contribution in [1.29, 1.82) is 0 Å². The van der Waals surface area contributed by atoms with Gasteiger partial charge in [0.05, 0.1) is 26.4 Å². The molecule has 0 rings (SSSR count). The SMILES string of the molecule is CCCCCCCCCCCCCCCCCCC(=O)O[C@H](COC(=O)CCCCCCCCCCCCCC(C)C)COP(=O)(O)OC[C@@H](O)COP(=O)(O)OC[C@@H](COC(=O)CCCCCCCCCCC(C)CC)OC(=O)CCCCCCCCCCCC(C)C. The molecule has 0 fully saturated rings. The Kier molecular flexibility index (Phi) is 64.3. The molecule has 0 heterocycles. The van der Waals surface area contributed by atoms with Crippen molar-refractivity contribution in [3.8, 4) is 0 Å². The van der Waals surface area contributed by atoms with Gasteiger partial charge in [-0.05, 0) is 43.4 Å². The minimum atomic E-state index is -4.96. The third-order valence-corrected chi connectivity index (χ3v) is 19.6. The number of rotatable bonds is 73. The molecule has 0 aliphatic rings. The van der Waals surface area contributed by atoms with E-state index in [9.17, 15) is 43.2 Å². The summed E-state index contributed by atoms with van der Waals surface area (Å²) in [6.07, 6.45) is 51.2. The molecule has 6 atom stereocenters. The van der Waals surface area contributed by atoms with Gasteiger partial charge in [0.1, 0.15) is 19.3 Å². The van der Waals surface area contributed by atoms with Gasteiger partial charge in [0.15, 0.2) is 12.2 Å². The van der Waals surface area contributed by atoms with Crippen molar-refractivity contribution in [2.24, 2.45) is 17.8 Å². The van der Waals surface area contributed by atoms with Crippen molar-refractivity contribution >= 4 is 39.5 Å². The third kappa shape index (κ3) is 67.3. The Bertz CT molecular complexity index is 1840. The van der Waals surface area contributed by atoms with E-state index in [1.165, 1.54) is 193 Å². The summed E-state index contributed by atoms with van der Waals surface area (Å²) in [5.41, 5.74) is 0. The molecule has 3 N–H and O–H groups in total. The number of phosphoric acid groups is 2. The molecule has 17 nitrogen and oxygen atoms in total. The fourth-order valence-corrected chi connectivity index (χ4v) is 13.0. The molecule has 19 heteroatoms. The summed E-state index contributed by atoms with van der Waals surface area (Å²) in [6, 6.07) is 0. The van der Waals surface area contributed by atoms with Crippen molar-refractivity contribution in [1.82, 2.24) is 0 Å². The predicted octanol–water partition coefficient (Wildman–Crippen LogP) is 21.8. The molecule has 94 heavy (non-hydrogen) atoms. The van der Waals surface area contributed by atoms with Gasteiger partial charge in [-0.1, -0.05) is 331 Å². The zero-order valence-corrected chi connectivity index (χ0v) is 63.2. The molecule has 0 aromatic heterocycles. The average molecular weight is 1380 g/mol. The maximum atomic E-state index is 13.1. The number of carbonyl (C=O) groups excluding carboxylic acids is 4. The van der Waals surface area contributed by atoms with Gasteiger partial charge in [-0.15, -0.1) is 0 Å². The van der Waals surface area contributed by atoms with E-state index in [-0.39, 0.29) is 25.7 Å². The van der Waals surface area contributed by atoms with Gasteiger partial charge in [0.2, 0.25) is 0 Å². The molecular weight excluding hydrogens is 1230 g/mol. The van der Waals surface area contributed by atoms with Crippen molar-refractivity contribution in [3.63, 3.8) is 0 Å². The van der Waals surface area contributed by atoms with Gasteiger partial charge >= 0.3 is 39.5 Å². The predicted molar refractivity (Wildman–Crippen MR) is 381 cm³/mol. The molecule has 0 amide bonds. The molecule has 0 aromatic rings. The lowest BCUT2D eigenvalue weighted by atomic mass is 9.99. The average Bonchev–Trinajstić information content (AvgIpc) is 1.66. The van der Waals surface area contributed by atoms with E-state index >= 15 is 0 Å². The normalized spacial score (nSPS) is 14.4. The Balaban J connectivity index is 5.27. The quantitative estimate of drug-likeness (QED) is 0.0222. The van der Waals surface area contributed by atoms with E-state index in [2.05, 4.69) is 48.5 Å². The zero-order valence-electron chi connectivity index (χ0n) is 61.4. The van der Waals surface area contributed by atoms with Crippen molar-refractivity contribution in [2.75, 3.05) is 39.6 Å². The van der Waals surface area contributed by atoms with Gasteiger partial charge in [0, 0.05) is 25.7 Å². The van der Waals surface area contributed by atoms with E-state index in [0.29, 0.717) is 25.7 Å². The zero-order chi connectivity index (χ0) is 69.4. The fraction of sp³-hybridized carbons (Fsp3) is 0.947. The van der Waals surface area contributed by atoms with Crippen LogP contribution in [0.5, 0.6) is 0 Å². The van der Waals surface area contributed by atoms with E-state index < -0.39 is 97.5 Å². The van der Waals surface area contributed by atoms with Crippen LogP contribution >= 0.6 is 15.6 Å². The van der Waals surface area contributed by atoms with Crippen LogP contribution in [-0.4, -0.2) is 96.7 Å². The van der Waals surface area contributed by atoms with E-state index in [1.807, 2.05) is 0 Å². The first-order chi connectivity index (χ1) is 45.3. The third-order valence-electron chi connectivity index (χ3n) is 17.7. The Morgan fingerprint density at radius 3 is 0.809 bits per heavy atom. The smallest absolute Gasteiger partial charge is 0.462 e. The summed E-state index contributed by atoms with van der Waals surface area (Å²) in [6.45, 7) is 11.9. The van der Waals surface area contributed by atoms with Crippen molar-refractivity contribution in [2.45, 2.75) is 401 Å². The topological polar surface area (TPSA) is 237 Å². The van der Waals surface area contributed by atoms with Crippen LogP contribution in [0, 0.1) is 17.8 Å². The Morgan fingerprint density at radius 1 is 0.309 bits per heavy atom. The molecule has 0 saturated heterocycles. The minimum Gasteiger partial charge on any atom is -0.462 e. The van der Waals surface area contributed by atoms with Gasteiger partial charge in [-0.2, -0.15) is 0 Å². The Hall–Kier alpha value is -1.94. The Morgan fingerprint density at radius 2 is 0.543 bits per heavy atom. The molecule has 0 bridgehead atoms. The highest BCUT2D eigenvalue weighted by molar-refractivity contribution is 7.47. The van der Waals surface area contributed by atoms with E-state index in [1.54, 1.807) is 0 Å². The lowest BCUT2D eigenvalue weighted by Gasteiger charge is -2.21. The van der Waals surface area contributed by atoms with E-state index in [0.717, 1.165) is 108 Å². The fourth-order valence-electron chi connectivity index (χ4n) is 11.4. The number of hydrogen-bond donors (Lipinski definition) is 3. The molecular formula is C75H146O17P2. The highest BCUT2D eigenvalue weighted by Gasteiger charge is 2.30. The lowest BCUT2D eigenvalue weighted by Crippen LogP contribution is -2.30. The van der Waals surface area contributed by atoms with Crippen LogP contribution < -0.4 is 0 Å². The summed E-state index contributed by atoms with van der Waals surface area (Å²) in [4.78, 5) is 72.8. The number of esters is 4. The summed E-state index contributed by atoms with van der Waals surface area (Å²) in [5, 5.41) is 10.6. The molecule has 0 spiro atoms. The Labute approximate surface area is 575 Å². The highest BCUT2D eigenvalue weighted by atomic mass is 31.2. The number of aliphatic hydroxyl groups excluding tert-OH is 1. The van der Waals surface area contributed by atoms with E-state index in [4.69, 9.17) is 37.0 Å². The second kappa shape index (κ2) is 65.7. The summed E-state index contributed by atoms with van der Waals surface area (Å²) in [7, 11) is -9.91. The highest BCUT2D eigenvalue weighted by Crippen LogP contribution is 2.45. The van der Waals surface area contributed by atoms with Crippen LogP contribution in [0.15, 0.2) is 0 Å². The minimum absolute atomic E-state index is 0.105. The maximum Gasteiger partial charge on any atom is 0.472 e. The number of carbonyl (C=O) groups is 4. The van der Waals surface area contributed by atoms with Crippen LogP contribution in [0.4, 0.5) is 0 Å². The second-order valence-electron chi connectivity index (χ2n) is 28.2. The number of unbranched alkanes of at least 4 members (excludes halogenated alkanes) is 40. The first-order valence-corrected chi connectivity index (χ1v) is 41.9. The molecule has 0 saturated carbocycles. The number of phosphoric ester groups is 2. The summed E-state index contributed by atoms with van der Waals surface area (Å²) >= 11 is 0. The molecule has 3 unspecified atom stereocenters. The van der Waals surface area contributed by atoms with Gasteiger partial charge in [-0.3, -0.25) is 37.3 Å². The molecule has 0 aromatic carbocycles. The lowest BCUT2D eigenvalue weighted by molar-refractivity contribution is -0.161. The van der Waals surface area contributed by atoms with Gasteiger partial charge < -0.3 is 33.8 Å². The van der Waals surface area contributed by atoms with Crippen LogP contribution in [0.3, 0.4) is 0 Å². The van der Waals surface area contributed by atoms with Crippen LogP contribution in [-0.2, 0) is 65.4 Å². The van der Waals surface area contributed by atoms with Crippen LogP contribution in [0.2, 0.25) is 0 Å². The van der Waals surface area contributed by atoms with Crippen molar-refractivity contribution in [3.05, 3.63) is 0 Å². The first kappa shape index (κ1) is 92.1.